The number of carbonyl (C=O) groups excluding carboxylic acids is 2. The number of amides is 3. The highest BCUT2D eigenvalue weighted by molar-refractivity contribution is 5.80. The monoisotopic (exact) mass is 361 g/mol. The van der Waals surface area contributed by atoms with E-state index in [4.69, 9.17) is 9.47 Å². The van der Waals surface area contributed by atoms with Crippen LogP contribution in [-0.4, -0.2) is 67.7 Å². The van der Waals surface area contributed by atoms with Crippen molar-refractivity contribution in [2.45, 2.75) is 26.2 Å². The lowest BCUT2D eigenvalue weighted by molar-refractivity contribution is -0.131. The topological polar surface area (TPSA) is 71.1 Å². The van der Waals surface area contributed by atoms with Gasteiger partial charge in [-0.1, -0.05) is 13.0 Å². The van der Waals surface area contributed by atoms with Crippen LogP contribution in [0.25, 0.3) is 0 Å². The summed E-state index contributed by atoms with van der Waals surface area (Å²) in [6, 6.07) is 5.65. The Kier molecular flexibility index (Phi) is 6.20. The van der Waals surface area contributed by atoms with Gasteiger partial charge in [0.15, 0.2) is 11.5 Å². The number of benzene rings is 1. The van der Waals surface area contributed by atoms with Crippen molar-refractivity contribution in [2.75, 3.05) is 45.9 Å². The molecule has 1 aromatic rings. The molecule has 1 aromatic carbocycles. The van der Waals surface area contributed by atoms with Crippen LogP contribution in [0.2, 0.25) is 0 Å². The molecule has 7 heteroatoms. The van der Waals surface area contributed by atoms with Crippen molar-refractivity contribution in [3.05, 3.63) is 23.8 Å². The lowest BCUT2D eigenvalue weighted by atomic mass is 10.1. The van der Waals surface area contributed by atoms with E-state index in [1.165, 1.54) is 0 Å². The molecule has 0 aromatic heterocycles. The Hall–Kier alpha value is -2.44. The van der Waals surface area contributed by atoms with Crippen LogP contribution in [0.5, 0.6) is 11.5 Å². The molecule has 0 saturated carbocycles. The quantitative estimate of drug-likeness (QED) is 0.885. The van der Waals surface area contributed by atoms with Crippen LogP contribution in [0.15, 0.2) is 18.2 Å². The van der Waals surface area contributed by atoms with Crippen molar-refractivity contribution in [3.63, 3.8) is 0 Å². The van der Waals surface area contributed by atoms with E-state index >= 15 is 0 Å². The van der Waals surface area contributed by atoms with E-state index in [1.807, 2.05) is 30.0 Å². The van der Waals surface area contributed by atoms with Crippen LogP contribution in [-0.2, 0) is 11.2 Å². The molecule has 0 unspecified atom stereocenters. The molecule has 26 heavy (non-hydrogen) atoms. The van der Waals surface area contributed by atoms with Crippen molar-refractivity contribution in [3.8, 4) is 11.5 Å². The predicted molar refractivity (Wildman–Crippen MR) is 97.6 cm³/mol. The van der Waals surface area contributed by atoms with Gasteiger partial charge in [-0.25, -0.2) is 4.79 Å². The molecule has 7 nitrogen and oxygen atoms in total. The maximum Gasteiger partial charge on any atom is 0.317 e. The van der Waals surface area contributed by atoms with E-state index in [2.05, 4.69) is 5.32 Å². The molecule has 3 rings (SSSR count). The zero-order valence-corrected chi connectivity index (χ0v) is 15.3. The average molecular weight is 361 g/mol. The highest BCUT2D eigenvalue weighted by Gasteiger charge is 2.24. The molecule has 0 spiro atoms. The van der Waals surface area contributed by atoms with Crippen LogP contribution < -0.4 is 14.8 Å². The molecule has 1 saturated heterocycles. The number of ether oxygens (including phenoxy) is 2. The molecule has 142 valence electrons. The molecule has 0 bridgehead atoms. The van der Waals surface area contributed by atoms with Gasteiger partial charge in [0.1, 0.15) is 0 Å². The van der Waals surface area contributed by atoms with Crippen molar-refractivity contribution in [1.82, 2.24) is 15.1 Å². The summed E-state index contributed by atoms with van der Waals surface area (Å²) in [7, 11) is 0. The average Bonchev–Trinajstić information content (AvgIpc) is 2.91. The third-order valence-corrected chi connectivity index (χ3v) is 4.61. The lowest BCUT2D eigenvalue weighted by Crippen LogP contribution is -2.53. The number of rotatable bonds is 4. The van der Waals surface area contributed by atoms with Gasteiger partial charge in [0.25, 0.3) is 0 Å². The molecule has 0 radical (unpaired) electrons. The highest BCUT2D eigenvalue weighted by atomic mass is 16.5. The fourth-order valence-corrected chi connectivity index (χ4v) is 3.11. The molecule has 3 amide bonds. The zero-order chi connectivity index (χ0) is 18.4. The molecule has 1 fully saturated rings. The fourth-order valence-electron chi connectivity index (χ4n) is 3.11. The first kappa shape index (κ1) is 18.4. The summed E-state index contributed by atoms with van der Waals surface area (Å²) in [6.45, 7) is 6.28. The summed E-state index contributed by atoms with van der Waals surface area (Å²) in [5.74, 6) is 1.53. The maximum absolute atomic E-state index is 12.6. The molecular weight excluding hydrogens is 334 g/mol. The van der Waals surface area contributed by atoms with Crippen molar-refractivity contribution < 1.29 is 19.1 Å². The van der Waals surface area contributed by atoms with Crippen LogP contribution in [0, 0.1) is 0 Å². The van der Waals surface area contributed by atoms with E-state index in [-0.39, 0.29) is 11.9 Å². The Morgan fingerprint density at radius 1 is 1.04 bits per heavy atom. The molecule has 0 aliphatic carbocycles. The first-order chi connectivity index (χ1) is 12.7. The lowest BCUT2D eigenvalue weighted by Gasteiger charge is -2.34. The van der Waals surface area contributed by atoms with E-state index < -0.39 is 0 Å². The number of nitrogens with zero attached hydrogens (tertiary/aromatic N) is 2. The summed E-state index contributed by atoms with van der Waals surface area (Å²) >= 11 is 0. The minimum absolute atomic E-state index is 0.0400. The van der Waals surface area contributed by atoms with Gasteiger partial charge in [0, 0.05) is 39.1 Å². The highest BCUT2D eigenvalue weighted by Crippen LogP contribution is 2.30. The number of fused-ring (bicyclic) bond motifs is 1. The summed E-state index contributed by atoms with van der Waals surface area (Å²) in [6.07, 6.45) is 2.11. The number of urea groups is 1. The van der Waals surface area contributed by atoms with Gasteiger partial charge in [-0.15, -0.1) is 0 Å². The van der Waals surface area contributed by atoms with E-state index in [9.17, 15) is 9.59 Å². The van der Waals surface area contributed by atoms with Gasteiger partial charge < -0.3 is 24.6 Å². The Morgan fingerprint density at radius 3 is 2.46 bits per heavy atom. The first-order valence-electron chi connectivity index (χ1n) is 9.36. The van der Waals surface area contributed by atoms with Crippen LogP contribution >= 0.6 is 0 Å². The van der Waals surface area contributed by atoms with Gasteiger partial charge in [0.05, 0.1) is 19.6 Å². The minimum Gasteiger partial charge on any atom is -0.490 e. The second kappa shape index (κ2) is 8.78. The van der Waals surface area contributed by atoms with E-state index in [0.717, 1.165) is 24.2 Å². The number of carbonyl (C=O) groups is 2. The third-order valence-electron chi connectivity index (χ3n) is 4.61. The summed E-state index contributed by atoms with van der Waals surface area (Å²) in [5, 5.41) is 2.88. The van der Waals surface area contributed by atoms with Crippen LogP contribution in [0.1, 0.15) is 25.3 Å². The third kappa shape index (κ3) is 4.59. The van der Waals surface area contributed by atoms with Gasteiger partial charge >= 0.3 is 6.03 Å². The number of nitrogens with one attached hydrogen (secondary N) is 1. The van der Waals surface area contributed by atoms with Crippen LogP contribution in [0.4, 0.5) is 4.79 Å². The Balaban J connectivity index is 1.51. The van der Waals surface area contributed by atoms with Crippen molar-refractivity contribution in [2.24, 2.45) is 0 Å². The number of hydrogen-bond acceptors (Lipinski definition) is 4. The van der Waals surface area contributed by atoms with Crippen molar-refractivity contribution >= 4 is 11.9 Å². The standard InChI is InChI=1S/C19H27N3O4/c1-2-6-20-19(24)22-9-7-21(8-10-22)18(23)14-15-4-5-16-17(13-15)26-12-3-11-25-16/h4-5,13H,2-3,6-12,14H2,1H3,(H,20,24). The maximum atomic E-state index is 12.6. The predicted octanol–water partition coefficient (Wildman–Crippen LogP) is 1.65. The fraction of sp³-hybridized carbons (Fsp3) is 0.579. The Bertz CT molecular complexity index is 642. The largest absolute Gasteiger partial charge is 0.490 e. The van der Waals surface area contributed by atoms with Gasteiger partial charge in [0.2, 0.25) is 5.91 Å². The van der Waals surface area contributed by atoms with E-state index in [1.54, 1.807) is 4.90 Å². The zero-order valence-electron chi connectivity index (χ0n) is 15.3. The first-order valence-corrected chi connectivity index (χ1v) is 9.36. The Morgan fingerprint density at radius 2 is 1.73 bits per heavy atom. The second-order valence-electron chi connectivity index (χ2n) is 6.61. The Labute approximate surface area is 154 Å². The number of hydrogen-bond donors (Lipinski definition) is 1. The molecule has 2 aliphatic rings. The van der Waals surface area contributed by atoms with Gasteiger partial charge in [-0.3, -0.25) is 4.79 Å². The minimum atomic E-state index is -0.0400. The molecule has 0 atom stereocenters. The SMILES string of the molecule is CCCNC(=O)N1CCN(C(=O)Cc2ccc3c(c2)OCCCO3)CC1. The summed E-state index contributed by atoms with van der Waals surface area (Å²) in [4.78, 5) is 28.2. The molecule has 2 heterocycles. The number of piperazine rings is 1. The van der Waals surface area contributed by atoms with Gasteiger partial charge in [-0.2, -0.15) is 0 Å². The second-order valence-corrected chi connectivity index (χ2v) is 6.61. The van der Waals surface area contributed by atoms with E-state index in [0.29, 0.717) is 58.1 Å². The molecule has 1 N–H and O–H groups in total. The normalized spacial score (nSPS) is 16.8. The smallest absolute Gasteiger partial charge is 0.317 e. The van der Waals surface area contributed by atoms with Crippen LogP contribution in [0.3, 0.4) is 0 Å². The summed E-state index contributed by atoms with van der Waals surface area (Å²) in [5.41, 5.74) is 0.919. The molecule has 2 aliphatic heterocycles. The summed E-state index contributed by atoms with van der Waals surface area (Å²) < 4.78 is 11.3. The molecular formula is C19H27N3O4. The van der Waals surface area contributed by atoms with Crippen molar-refractivity contribution in [1.29, 1.82) is 0 Å². The van der Waals surface area contributed by atoms with Gasteiger partial charge in [-0.05, 0) is 24.1 Å².